The second-order valence-electron chi connectivity index (χ2n) is 11.9. The van der Waals surface area contributed by atoms with E-state index in [2.05, 4.69) is 10.6 Å². The maximum Gasteiger partial charge on any atom is 0.306 e. The highest BCUT2D eigenvalue weighted by atomic mass is 16.5. The lowest BCUT2D eigenvalue weighted by Gasteiger charge is -2.26. The number of rotatable bonds is 12. The molecule has 8 nitrogen and oxygen atoms in total. The second-order valence-corrected chi connectivity index (χ2v) is 11.9. The van der Waals surface area contributed by atoms with E-state index in [1.807, 2.05) is 48.5 Å². The van der Waals surface area contributed by atoms with Crippen LogP contribution in [0.3, 0.4) is 0 Å². The van der Waals surface area contributed by atoms with E-state index in [9.17, 15) is 24.0 Å². The molecule has 8 heteroatoms. The lowest BCUT2D eigenvalue weighted by molar-refractivity contribution is -0.149. The van der Waals surface area contributed by atoms with E-state index in [1.165, 1.54) is 0 Å². The average Bonchev–Trinajstić information content (AvgIpc) is 2.72. The van der Waals surface area contributed by atoms with Crippen LogP contribution in [0.15, 0.2) is 0 Å². The number of nitrogens with one attached hydrogen (secondary N) is 2. The van der Waals surface area contributed by atoms with Gasteiger partial charge < -0.3 is 15.4 Å². The molecule has 0 aliphatic carbocycles. The Morgan fingerprint density at radius 1 is 1.03 bits per heavy atom. The normalized spacial score (nSPS) is 18.9. The standard InChI is InChI=1S/C27H46N2O6/c1-17(2)12-20(15-23(31)35-16-27(5,6)7)25(33)29-21(13-18(3)4)22(30)14-19-10-8-9-11-28-26(34)24(19)32/h17-21H,8-16H2,1-7H3,(H,28,34)(H,29,33). The molecule has 1 saturated heterocycles. The molecule has 2 amide bonds. The number of hydrogen-bond acceptors (Lipinski definition) is 6. The van der Waals surface area contributed by atoms with E-state index in [1.54, 1.807) is 0 Å². The Kier molecular flexibility index (Phi) is 12.6. The van der Waals surface area contributed by atoms with Crippen LogP contribution in [0.4, 0.5) is 0 Å². The van der Waals surface area contributed by atoms with Gasteiger partial charge in [-0.25, -0.2) is 0 Å². The number of Topliss-reactive ketones (excluding diaryl/α,β-unsaturated/α-hetero) is 2. The average molecular weight is 495 g/mol. The van der Waals surface area contributed by atoms with Crippen molar-refractivity contribution in [1.29, 1.82) is 0 Å². The van der Waals surface area contributed by atoms with Crippen molar-refractivity contribution in [2.45, 2.75) is 99.5 Å². The van der Waals surface area contributed by atoms with Crippen molar-refractivity contribution in [3.8, 4) is 0 Å². The Morgan fingerprint density at radius 2 is 1.66 bits per heavy atom. The zero-order valence-electron chi connectivity index (χ0n) is 22.7. The minimum Gasteiger partial charge on any atom is -0.465 e. The van der Waals surface area contributed by atoms with Gasteiger partial charge in [0.05, 0.1) is 19.1 Å². The predicted octanol–water partition coefficient (Wildman–Crippen LogP) is 3.60. The molecule has 1 rings (SSSR count). The SMILES string of the molecule is CC(C)CC(CC(=O)OCC(C)(C)C)C(=O)NC(CC(C)C)C(=O)CC1CCCCNC(=O)C1=O. The van der Waals surface area contributed by atoms with Gasteiger partial charge in [0.2, 0.25) is 11.7 Å². The van der Waals surface area contributed by atoms with Crippen molar-refractivity contribution < 1.29 is 28.7 Å². The minimum absolute atomic E-state index is 0.0516. The third kappa shape index (κ3) is 12.3. The zero-order valence-corrected chi connectivity index (χ0v) is 22.7. The van der Waals surface area contributed by atoms with Gasteiger partial charge in [-0.1, -0.05) is 54.9 Å². The summed E-state index contributed by atoms with van der Waals surface area (Å²) in [5, 5.41) is 5.46. The van der Waals surface area contributed by atoms with E-state index in [0.717, 1.165) is 12.8 Å². The molecule has 1 aliphatic rings. The van der Waals surface area contributed by atoms with Gasteiger partial charge in [0, 0.05) is 24.8 Å². The maximum atomic E-state index is 13.2. The summed E-state index contributed by atoms with van der Waals surface area (Å²) in [5.41, 5.74) is -0.175. The summed E-state index contributed by atoms with van der Waals surface area (Å²) in [6.45, 7) is 14.5. The van der Waals surface area contributed by atoms with Crippen molar-refractivity contribution in [1.82, 2.24) is 10.6 Å². The van der Waals surface area contributed by atoms with Crippen LogP contribution in [0.25, 0.3) is 0 Å². The Balaban J connectivity index is 2.93. The van der Waals surface area contributed by atoms with Crippen molar-refractivity contribution in [2.24, 2.45) is 29.1 Å². The van der Waals surface area contributed by atoms with Gasteiger partial charge in [0.25, 0.3) is 5.91 Å². The fourth-order valence-corrected chi connectivity index (χ4v) is 4.14. The van der Waals surface area contributed by atoms with Gasteiger partial charge in [0.15, 0.2) is 5.78 Å². The number of hydrogen-bond donors (Lipinski definition) is 2. The monoisotopic (exact) mass is 494 g/mol. The zero-order chi connectivity index (χ0) is 26.8. The van der Waals surface area contributed by atoms with Gasteiger partial charge in [-0.05, 0) is 42.9 Å². The third-order valence-corrected chi connectivity index (χ3v) is 5.93. The molecule has 3 atom stereocenters. The smallest absolute Gasteiger partial charge is 0.306 e. The Labute approximate surface area is 210 Å². The summed E-state index contributed by atoms with van der Waals surface area (Å²) < 4.78 is 5.37. The fourth-order valence-electron chi connectivity index (χ4n) is 4.14. The quantitative estimate of drug-likeness (QED) is 0.316. The summed E-state index contributed by atoms with van der Waals surface area (Å²) in [4.78, 5) is 63.4. The number of carbonyl (C=O) groups is 5. The van der Waals surface area contributed by atoms with Crippen LogP contribution in [-0.4, -0.2) is 48.5 Å². The molecule has 1 fully saturated rings. The minimum atomic E-state index is -0.774. The molecule has 200 valence electrons. The molecule has 0 aromatic heterocycles. The van der Waals surface area contributed by atoms with Gasteiger partial charge in [-0.15, -0.1) is 0 Å². The number of esters is 1. The lowest BCUT2D eigenvalue weighted by Crippen LogP contribution is -2.46. The van der Waals surface area contributed by atoms with Crippen molar-refractivity contribution >= 4 is 29.4 Å². The number of ether oxygens (including phenoxy) is 1. The van der Waals surface area contributed by atoms with Crippen LogP contribution >= 0.6 is 0 Å². The Morgan fingerprint density at radius 3 is 2.23 bits per heavy atom. The fraction of sp³-hybridized carbons (Fsp3) is 0.815. The van der Waals surface area contributed by atoms with Crippen LogP contribution in [-0.2, 0) is 28.7 Å². The highest BCUT2D eigenvalue weighted by Gasteiger charge is 2.33. The largest absolute Gasteiger partial charge is 0.465 e. The summed E-state index contributed by atoms with van der Waals surface area (Å²) in [6.07, 6.45) is 2.77. The van der Waals surface area contributed by atoms with Gasteiger partial charge in [-0.2, -0.15) is 0 Å². The first-order valence-electron chi connectivity index (χ1n) is 13.0. The molecule has 3 unspecified atom stereocenters. The second kappa shape index (κ2) is 14.3. The van der Waals surface area contributed by atoms with Gasteiger partial charge in [-0.3, -0.25) is 24.0 Å². The molecule has 0 aromatic rings. The molecular formula is C27H46N2O6. The maximum absolute atomic E-state index is 13.2. The molecule has 0 saturated carbocycles. The first-order chi connectivity index (χ1) is 16.2. The van der Waals surface area contributed by atoms with E-state index in [0.29, 0.717) is 25.8 Å². The molecule has 1 heterocycles. The summed E-state index contributed by atoms with van der Waals surface area (Å²) in [7, 11) is 0. The molecule has 0 spiro atoms. The molecule has 2 N–H and O–H groups in total. The Bertz CT molecular complexity index is 753. The number of ketones is 2. The van der Waals surface area contributed by atoms with Crippen LogP contribution in [0.2, 0.25) is 0 Å². The van der Waals surface area contributed by atoms with Crippen LogP contribution in [0.1, 0.15) is 93.4 Å². The molecular weight excluding hydrogens is 448 g/mol. The van der Waals surface area contributed by atoms with E-state index >= 15 is 0 Å². The van der Waals surface area contributed by atoms with E-state index in [4.69, 9.17) is 4.74 Å². The molecule has 0 radical (unpaired) electrons. The summed E-state index contributed by atoms with van der Waals surface area (Å²) >= 11 is 0. The highest BCUT2D eigenvalue weighted by Crippen LogP contribution is 2.22. The summed E-state index contributed by atoms with van der Waals surface area (Å²) in [6, 6.07) is -0.774. The first kappa shape index (κ1) is 30.8. The molecule has 35 heavy (non-hydrogen) atoms. The lowest BCUT2D eigenvalue weighted by atomic mass is 9.86. The van der Waals surface area contributed by atoms with E-state index in [-0.39, 0.29) is 48.4 Å². The van der Waals surface area contributed by atoms with Crippen molar-refractivity contribution in [2.75, 3.05) is 13.2 Å². The van der Waals surface area contributed by atoms with Gasteiger partial charge >= 0.3 is 5.97 Å². The summed E-state index contributed by atoms with van der Waals surface area (Å²) in [5.74, 6) is -3.23. The van der Waals surface area contributed by atoms with Crippen LogP contribution in [0, 0.1) is 29.1 Å². The van der Waals surface area contributed by atoms with Gasteiger partial charge in [0.1, 0.15) is 0 Å². The van der Waals surface area contributed by atoms with Crippen molar-refractivity contribution in [3.63, 3.8) is 0 Å². The first-order valence-corrected chi connectivity index (χ1v) is 13.0. The van der Waals surface area contributed by atoms with Crippen molar-refractivity contribution in [3.05, 3.63) is 0 Å². The third-order valence-electron chi connectivity index (χ3n) is 5.93. The number of carbonyl (C=O) groups excluding carboxylic acids is 5. The van der Waals surface area contributed by atoms with E-state index < -0.39 is 35.5 Å². The molecule has 1 aliphatic heterocycles. The van der Waals surface area contributed by atoms with Crippen LogP contribution in [0.5, 0.6) is 0 Å². The number of amides is 2. The van der Waals surface area contributed by atoms with Crippen LogP contribution < -0.4 is 10.6 Å². The highest BCUT2D eigenvalue weighted by molar-refractivity contribution is 6.37. The topological polar surface area (TPSA) is 119 Å². The Hall–Kier alpha value is -2.25. The molecule has 0 bridgehead atoms. The predicted molar refractivity (Wildman–Crippen MR) is 134 cm³/mol. The molecule has 0 aromatic carbocycles.